The lowest BCUT2D eigenvalue weighted by molar-refractivity contribution is -0.142. The SMILES string of the molecule is O=C(Cc1cccc(C(F)(F)F)c1)OCC(=O)c1ccc[nH]1. The molecule has 1 N–H and O–H groups in total. The number of benzene rings is 1. The smallest absolute Gasteiger partial charge is 0.416 e. The number of rotatable bonds is 5. The molecule has 4 nitrogen and oxygen atoms in total. The fraction of sp³-hybridized carbons (Fsp3) is 0.200. The van der Waals surface area contributed by atoms with Gasteiger partial charge >= 0.3 is 12.1 Å². The molecule has 0 fully saturated rings. The van der Waals surface area contributed by atoms with E-state index in [1.165, 1.54) is 18.2 Å². The molecule has 0 atom stereocenters. The van der Waals surface area contributed by atoms with Crippen LogP contribution < -0.4 is 0 Å². The van der Waals surface area contributed by atoms with Crippen molar-refractivity contribution in [2.75, 3.05) is 6.61 Å². The average Bonchev–Trinajstić information content (AvgIpc) is 2.98. The fourth-order valence-corrected chi connectivity index (χ4v) is 1.80. The second-order valence-electron chi connectivity index (χ2n) is 4.54. The van der Waals surface area contributed by atoms with Crippen molar-refractivity contribution in [3.05, 3.63) is 59.4 Å². The molecule has 0 aliphatic carbocycles. The minimum absolute atomic E-state index is 0.173. The van der Waals surface area contributed by atoms with Gasteiger partial charge in [0.05, 0.1) is 17.7 Å². The largest absolute Gasteiger partial charge is 0.457 e. The number of halogens is 3. The number of carbonyl (C=O) groups excluding carboxylic acids is 2. The monoisotopic (exact) mass is 311 g/mol. The number of ether oxygens (including phenoxy) is 1. The van der Waals surface area contributed by atoms with Crippen molar-refractivity contribution >= 4 is 11.8 Å². The highest BCUT2D eigenvalue weighted by Crippen LogP contribution is 2.29. The summed E-state index contributed by atoms with van der Waals surface area (Å²) in [6.45, 7) is -0.460. The molecule has 0 saturated heterocycles. The molecule has 116 valence electrons. The summed E-state index contributed by atoms with van der Waals surface area (Å²) in [7, 11) is 0. The van der Waals surface area contributed by atoms with Crippen LogP contribution in [0.1, 0.15) is 21.6 Å². The Kier molecular flexibility index (Phi) is 4.65. The molecule has 0 spiro atoms. The van der Waals surface area contributed by atoms with Crippen molar-refractivity contribution in [1.29, 1.82) is 0 Å². The molecule has 2 aromatic rings. The van der Waals surface area contributed by atoms with Gasteiger partial charge in [-0.3, -0.25) is 9.59 Å². The molecule has 0 radical (unpaired) electrons. The third kappa shape index (κ3) is 4.21. The normalized spacial score (nSPS) is 11.2. The van der Waals surface area contributed by atoms with Gasteiger partial charge in [-0.2, -0.15) is 13.2 Å². The van der Waals surface area contributed by atoms with Crippen LogP contribution in [0.5, 0.6) is 0 Å². The van der Waals surface area contributed by atoms with E-state index >= 15 is 0 Å². The van der Waals surface area contributed by atoms with E-state index in [0.29, 0.717) is 5.69 Å². The number of Topliss-reactive ketones (excluding diaryl/α,β-unsaturated/α-hetero) is 1. The van der Waals surface area contributed by atoms with Gasteiger partial charge in [-0.1, -0.05) is 18.2 Å². The first-order chi connectivity index (χ1) is 10.4. The highest BCUT2D eigenvalue weighted by atomic mass is 19.4. The summed E-state index contributed by atoms with van der Waals surface area (Å²) in [6, 6.07) is 7.57. The molecular formula is C15H12F3NO3. The van der Waals surface area contributed by atoms with E-state index in [4.69, 9.17) is 4.74 Å². The van der Waals surface area contributed by atoms with Crippen molar-refractivity contribution in [2.24, 2.45) is 0 Å². The van der Waals surface area contributed by atoms with Crippen molar-refractivity contribution in [3.8, 4) is 0 Å². The Balaban J connectivity index is 1.91. The van der Waals surface area contributed by atoms with Gasteiger partial charge < -0.3 is 9.72 Å². The minimum atomic E-state index is -4.47. The van der Waals surface area contributed by atoms with E-state index in [9.17, 15) is 22.8 Å². The lowest BCUT2D eigenvalue weighted by atomic mass is 10.1. The Morgan fingerprint density at radius 2 is 1.91 bits per heavy atom. The van der Waals surface area contributed by atoms with Crippen LogP contribution in [0.4, 0.5) is 13.2 Å². The summed E-state index contributed by atoms with van der Waals surface area (Å²) in [5.74, 6) is -1.18. The van der Waals surface area contributed by atoms with Crippen LogP contribution in [-0.2, 0) is 22.1 Å². The van der Waals surface area contributed by atoms with Gasteiger partial charge in [0.2, 0.25) is 5.78 Å². The highest BCUT2D eigenvalue weighted by Gasteiger charge is 2.30. The molecule has 1 aromatic heterocycles. The quantitative estimate of drug-likeness (QED) is 0.682. The first-order valence-corrected chi connectivity index (χ1v) is 6.34. The molecule has 0 amide bonds. The van der Waals surface area contributed by atoms with Crippen LogP contribution in [-0.4, -0.2) is 23.3 Å². The van der Waals surface area contributed by atoms with E-state index in [1.807, 2.05) is 0 Å². The first kappa shape index (κ1) is 15.8. The maximum Gasteiger partial charge on any atom is 0.416 e. The van der Waals surface area contributed by atoms with Crippen molar-refractivity contribution < 1.29 is 27.5 Å². The summed E-state index contributed by atoms with van der Waals surface area (Å²) in [4.78, 5) is 25.8. The van der Waals surface area contributed by atoms with Crippen molar-refractivity contribution in [3.63, 3.8) is 0 Å². The Labute approximate surface area is 123 Å². The maximum absolute atomic E-state index is 12.6. The Morgan fingerprint density at radius 1 is 1.14 bits per heavy atom. The Hall–Kier alpha value is -2.57. The summed E-state index contributed by atoms with van der Waals surface area (Å²) in [5.41, 5.74) is -0.362. The topological polar surface area (TPSA) is 59.2 Å². The third-order valence-electron chi connectivity index (χ3n) is 2.87. The molecule has 2 rings (SSSR count). The van der Waals surface area contributed by atoms with E-state index in [2.05, 4.69) is 4.98 Å². The van der Waals surface area contributed by atoms with Crippen LogP contribution >= 0.6 is 0 Å². The van der Waals surface area contributed by atoms with Gasteiger partial charge in [-0.25, -0.2) is 0 Å². The van der Waals surface area contributed by atoms with Gasteiger partial charge in [0, 0.05) is 6.20 Å². The zero-order valence-corrected chi connectivity index (χ0v) is 11.3. The second kappa shape index (κ2) is 6.46. The molecule has 22 heavy (non-hydrogen) atoms. The van der Waals surface area contributed by atoms with Gasteiger partial charge in [-0.05, 0) is 23.8 Å². The number of H-pyrrole nitrogens is 1. The van der Waals surface area contributed by atoms with Gasteiger partial charge in [0.15, 0.2) is 6.61 Å². The number of hydrogen-bond acceptors (Lipinski definition) is 3. The lowest BCUT2D eigenvalue weighted by Crippen LogP contribution is -2.16. The maximum atomic E-state index is 12.6. The number of nitrogens with one attached hydrogen (secondary N) is 1. The molecule has 0 bridgehead atoms. The van der Waals surface area contributed by atoms with E-state index in [1.54, 1.807) is 12.3 Å². The van der Waals surface area contributed by atoms with Crippen molar-refractivity contribution in [2.45, 2.75) is 12.6 Å². The zero-order valence-electron chi connectivity index (χ0n) is 11.3. The van der Waals surface area contributed by atoms with E-state index < -0.39 is 30.1 Å². The summed E-state index contributed by atoms with van der Waals surface area (Å²) in [5, 5.41) is 0. The minimum Gasteiger partial charge on any atom is -0.457 e. The number of hydrogen-bond donors (Lipinski definition) is 1. The predicted molar refractivity (Wildman–Crippen MR) is 71.2 cm³/mol. The Bertz CT molecular complexity index is 663. The van der Waals surface area contributed by atoms with Gasteiger partial charge in [0.25, 0.3) is 0 Å². The molecule has 0 saturated carbocycles. The first-order valence-electron chi connectivity index (χ1n) is 6.34. The fourth-order valence-electron chi connectivity index (χ4n) is 1.80. The van der Waals surface area contributed by atoms with Crippen LogP contribution in [0.15, 0.2) is 42.6 Å². The van der Waals surface area contributed by atoms with Crippen LogP contribution in [0.25, 0.3) is 0 Å². The number of aromatic nitrogens is 1. The number of esters is 1. The number of alkyl halides is 3. The highest BCUT2D eigenvalue weighted by molar-refractivity contribution is 5.96. The lowest BCUT2D eigenvalue weighted by Gasteiger charge is -2.08. The number of ketones is 1. The number of carbonyl (C=O) groups is 2. The molecular weight excluding hydrogens is 299 g/mol. The second-order valence-corrected chi connectivity index (χ2v) is 4.54. The standard InChI is InChI=1S/C15H12F3NO3/c16-15(17,18)11-4-1-3-10(7-11)8-14(21)22-9-13(20)12-5-2-6-19-12/h1-7,19H,8-9H2. The van der Waals surface area contributed by atoms with Crippen LogP contribution in [0.3, 0.4) is 0 Å². The molecule has 0 unspecified atom stereocenters. The Morgan fingerprint density at radius 3 is 2.55 bits per heavy atom. The van der Waals surface area contributed by atoms with E-state index in [0.717, 1.165) is 12.1 Å². The number of aromatic amines is 1. The third-order valence-corrected chi connectivity index (χ3v) is 2.87. The van der Waals surface area contributed by atoms with Gasteiger partial charge in [-0.15, -0.1) is 0 Å². The summed E-state index contributed by atoms with van der Waals surface area (Å²) in [6.07, 6.45) is -3.25. The molecule has 7 heteroatoms. The molecule has 0 aliphatic rings. The predicted octanol–water partition coefficient (Wildman–Crippen LogP) is 3.00. The molecule has 0 aliphatic heterocycles. The average molecular weight is 311 g/mol. The summed E-state index contributed by atoms with van der Waals surface area (Å²) < 4.78 is 42.4. The van der Waals surface area contributed by atoms with Gasteiger partial charge in [0.1, 0.15) is 0 Å². The molecule has 1 heterocycles. The van der Waals surface area contributed by atoms with E-state index in [-0.39, 0.29) is 12.0 Å². The van der Waals surface area contributed by atoms with Crippen molar-refractivity contribution in [1.82, 2.24) is 4.98 Å². The van der Waals surface area contributed by atoms with Crippen LogP contribution in [0, 0.1) is 0 Å². The summed E-state index contributed by atoms with van der Waals surface area (Å²) >= 11 is 0. The van der Waals surface area contributed by atoms with Crippen LogP contribution in [0.2, 0.25) is 0 Å². The zero-order chi connectivity index (χ0) is 16.2. The molecule has 1 aromatic carbocycles.